The topological polar surface area (TPSA) is 45.3 Å². The first-order valence-electron chi connectivity index (χ1n) is 10.3. The molecule has 1 aliphatic heterocycles. The molecule has 0 spiro atoms. The third-order valence-corrected chi connectivity index (χ3v) is 7.19. The molecule has 0 saturated carbocycles. The molecular weight excluding hydrogens is 466 g/mol. The molecule has 1 aromatic heterocycles. The lowest BCUT2D eigenvalue weighted by Gasteiger charge is -2.42. The van der Waals surface area contributed by atoms with Gasteiger partial charge in [-0.1, -0.05) is 22.9 Å². The molecule has 31 heavy (non-hydrogen) atoms. The fourth-order valence-electron chi connectivity index (χ4n) is 4.72. The second-order valence-electron chi connectivity index (χ2n) is 8.35. The van der Waals surface area contributed by atoms with E-state index < -0.39 is 6.04 Å². The second-order valence-corrected chi connectivity index (χ2v) is 9.21. The zero-order valence-electron chi connectivity index (χ0n) is 17.9. The molecule has 0 aliphatic carbocycles. The van der Waals surface area contributed by atoms with Crippen LogP contribution in [0, 0.1) is 24.5 Å². The maximum Gasteiger partial charge on any atom is 0.309 e. The number of halogens is 3. The van der Waals surface area contributed by atoms with Gasteiger partial charge >= 0.3 is 5.97 Å². The van der Waals surface area contributed by atoms with Crippen LogP contribution in [-0.2, 0) is 16.0 Å². The van der Waals surface area contributed by atoms with Crippen LogP contribution < -0.4 is 0 Å². The number of carbonyl (C=O) groups is 1. The number of esters is 1. The van der Waals surface area contributed by atoms with Gasteiger partial charge in [-0.3, -0.25) is 9.69 Å². The maximum atomic E-state index is 15.3. The van der Waals surface area contributed by atoms with E-state index in [1.165, 1.54) is 25.3 Å². The zero-order chi connectivity index (χ0) is 22.4. The lowest BCUT2D eigenvalue weighted by Crippen LogP contribution is -2.46. The average molecular weight is 491 g/mol. The molecule has 3 atom stereocenters. The van der Waals surface area contributed by atoms with E-state index in [9.17, 15) is 9.18 Å². The van der Waals surface area contributed by atoms with Crippen LogP contribution in [0.1, 0.15) is 42.3 Å². The van der Waals surface area contributed by atoms with Crippen LogP contribution >= 0.6 is 15.9 Å². The zero-order valence-corrected chi connectivity index (χ0v) is 19.5. The number of nitrogens with zero attached hydrogens (tertiary/aromatic N) is 1. The van der Waals surface area contributed by atoms with Gasteiger partial charge in [0.05, 0.1) is 19.1 Å². The van der Waals surface area contributed by atoms with Gasteiger partial charge in [-0.05, 0) is 61.7 Å². The molecule has 1 aliphatic rings. The molecule has 0 bridgehead atoms. The van der Waals surface area contributed by atoms with Crippen LogP contribution in [0.4, 0.5) is 8.78 Å². The summed E-state index contributed by atoms with van der Waals surface area (Å²) < 4.78 is 35.0. The van der Waals surface area contributed by atoms with Crippen LogP contribution in [0.5, 0.6) is 0 Å². The van der Waals surface area contributed by atoms with Crippen molar-refractivity contribution in [2.24, 2.45) is 5.92 Å². The Labute approximate surface area is 188 Å². The fraction of sp³-hybridized carbons (Fsp3) is 0.375. The molecule has 2 heterocycles. The van der Waals surface area contributed by atoms with E-state index >= 15 is 4.39 Å². The highest BCUT2D eigenvalue weighted by atomic mass is 79.9. The molecule has 2 aromatic carbocycles. The number of aromatic nitrogens is 1. The summed E-state index contributed by atoms with van der Waals surface area (Å²) in [5.74, 6) is -1.30. The van der Waals surface area contributed by atoms with Gasteiger partial charge in [0.1, 0.15) is 11.6 Å². The number of fused-ring (bicyclic) bond motifs is 3. The average Bonchev–Trinajstić information content (AvgIpc) is 3.09. The van der Waals surface area contributed by atoms with Crippen molar-refractivity contribution in [1.82, 2.24) is 9.88 Å². The summed E-state index contributed by atoms with van der Waals surface area (Å²) in [6.45, 7) is 6.16. The standard InChI is InChI=1S/C24H25BrF2N2O2/c1-12(24(30)31-4)11-29-13(2)9-17-16-10-15(26)5-8-20(16)28-22(17)23(29)21-14(3)18(25)6-7-19(21)27/h5-8,10,12-13,23,28H,9,11H2,1-4H3/t12-,13+,23+/m0/s1. The Balaban J connectivity index is 1.94. The van der Waals surface area contributed by atoms with E-state index in [1.807, 2.05) is 13.8 Å². The van der Waals surface area contributed by atoms with Gasteiger partial charge in [-0.2, -0.15) is 0 Å². The second kappa shape index (κ2) is 8.36. The van der Waals surface area contributed by atoms with Gasteiger partial charge in [0.2, 0.25) is 0 Å². The van der Waals surface area contributed by atoms with E-state index in [2.05, 4.69) is 32.7 Å². The van der Waals surface area contributed by atoms with Crippen LogP contribution in [-0.4, -0.2) is 35.5 Å². The highest BCUT2D eigenvalue weighted by molar-refractivity contribution is 9.10. The van der Waals surface area contributed by atoms with E-state index in [1.54, 1.807) is 12.1 Å². The number of nitrogens with one attached hydrogen (secondary N) is 1. The monoisotopic (exact) mass is 490 g/mol. The quantitative estimate of drug-likeness (QED) is 0.479. The van der Waals surface area contributed by atoms with Crippen molar-refractivity contribution in [2.45, 2.75) is 39.3 Å². The smallest absolute Gasteiger partial charge is 0.309 e. The molecule has 4 rings (SSSR count). The number of rotatable bonds is 4. The lowest BCUT2D eigenvalue weighted by atomic mass is 9.86. The molecule has 0 radical (unpaired) electrons. The summed E-state index contributed by atoms with van der Waals surface area (Å²) >= 11 is 3.53. The summed E-state index contributed by atoms with van der Waals surface area (Å²) in [5.41, 5.74) is 4.00. The van der Waals surface area contributed by atoms with Crippen molar-refractivity contribution in [3.8, 4) is 0 Å². The van der Waals surface area contributed by atoms with Gasteiger partial charge in [-0.15, -0.1) is 0 Å². The molecule has 0 amide bonds. The Bertz CT molecular complexity index is 1160. The number of carbonyl (C=O) groups excluding carboxylic acids is 1. The first-order valence-corrected chi connectivity index (χ1v) is 11.1. The van der Waals surface area contributed by atoms with Gasteiger partial charge < -0.3 is 9.72 Å². The Kier molecular flexibility index (Phi) is 5.92. The lowest BCUT2D eigenvalue weighted by molar-refractivity contribution is -0.145. The normalized spacial score (nSPS) is 20.0. The third-order valence-electron chi connectivity index (χ3n) is 6.33. The van der Waals surface area contributed by atoms with Gasteiger partial charge in [-0.25, -0.2) is 8.78 Å². The molecule has 7 heteroatoms. The van der Waals surface area contributed by atoms with Crippen molar-refractivity contribution >= 4 is 32.8 Å². The summed E-state index contributed by atoms with van der Waals surface area (Å²) in [5, 5.41) is 0.820. The van der Waals surface area contributed by atoms with E-state index in [0.29, 0.717) is 18.5 Å². The van der Waals surface area contributed by atoms with Gasteiger partial charge in [0.15, 0.2) is 0 Å². The van der Waals surface area contributed by atoms with Crippen molar-refractivity contribution < 1.29 is 18.3 Å². The van der Waals surface area contributed by atoms with E-state index in [0.717, 1.165) is 32.2 Å². The molecule has 0 saturated heterocycles. The number of aromatic amines is 1. The minimum Gasteiger partial charge on any atom is -0.469 e. The summed E-state index contributed by atoms with van der Waals surface area (Å²) in [4.78, 5) is 17.7. The highest BCUT2D eigenvalue weighted by Gasteiger charge is 2.39. The Morgan fingerprint density at radius 2 is 2.06 bits per heavy atom. The molecule has 1 N–H and O–H groups in total. The first-order chi connectivity index (χ1) is 14.7. The number of benzene rings is 2. The Morgan fingerprint density at radius 3 is 2.77 bits per heavy atom. The summed E-state index contributed by atoms with van der Waals surface area (Å²) in [6, 6.07) is 7.38. The Morgan fingerprint density at radius 1 is 1.32 bits per heavy atom. The predicted octanol–water partition coefficient (Wildman–Crippen LogP) is 5.66. The number of hydrogen-bond acceptors (Lipinski definition) is 3. The summed E-state index contributed by atoms with van der Waals surface area (Å²) in [7, 11) is 1.37. The van der Waals surface area contributed by atoms with Crippen LogP contribution in [0.3, 0.4) is 0 Å². The SMILES string of the molecule is COC(=O)[C@@H](C)CN1[C@H](c2c(F)ccc(Br)c2C)c2[nH]c3ccc(F)cc3c2C[C@H]1C. The van der Waals surface area contributed by atoms with Crippen molar-refractivity contribution in [1.29, 1.82) is 0 Å². The van der Waals surface area contributed by atoms with Gasteiger partial charge in [0, 0.05) is 39.2 Å². The van der Waals surface area contributed by atoms with Crippen LogP contribution in [0.25, 0.3) is 10.9 Å². The van der Waals surface area contributed by atoms with Crippen molar-refractivity contribution in [2.75, 3.05) is 13.7 Å². The molecule has 0 fully saturated rings. The van der Waals surface area contributed by atoms with Crippen molar-refractivity contribution in [3.63, 3.8) is 0 Å². The minimum absolute atomic E-state index is 0.00431. The van der Waals surface area contributed by atoms with Crippen LogP contribution in [0.2, 0.25) is 0 Å². The Hall–Kier alpha value is -2.25. The fourth-order valence-corrected chi connectivity index (χ4v) is 5.06. The maximum absolute atomic E-state index is 15.3. The predicted molar refractivity (Wildman–Crippen MR) is 120 cm³/mol. The molecule has 3 aromatic rings. The number of methoxy groups -OCH3 is 1. The number of H-pyrrole nitrogens is 1. The highest BCUT2D eigenvalue weighted by Crippen LogP contribution is 2.44. The van der Waals surface area contributed by atoms with Gasteiger partial charge in [0.25, 0.3) is 0 Å². The minimum atomic E-state index is -0.446. The largest absolute Gasteiger partial charge is 0.469 e. The van der Waals surface area contributed by atoms with Crippen molar-refractivity contribution in [3.05, 3.63) is 68.8 Å². The molecule has 164 valence electrons. The van der Waals surface area contributed by atoms with Crippen LogP contribution in [0.15, 0.2) is 34.8 Å². The molecule has 4 nitrogen and oxygen atoms in total. The number of hydrogen-bond donors (Lipinski definition) is 1. The molecule has 0 unspecified atom stereocenters. The van der Waals surface area contributed by atoms with E-state index in [-0.39, 0.29) is 29.6 Å². The number of ether oxygens (including phenoxy) is 1. The third kappa shape index (κ3) is 3.78. The molecular formula is C24H25BrF2N2O2. The first kappa shape index (κ1) is 22.0. The summed E-state index contributed by atoms with van der Waals surface area (Å²) in [6.07, 6.45) is 0.665. The van der Waals surface area contributed by atoms with E-state index in [4.69, 9.17) is 4.74 Å².